The first-order valence-corrected chi connectivity index (χ1v) is 3.42. The minimum Gasteiger partial charge on any atom is -0.350 e. The van der Waals surface area contributed by atoms with Crippen LogP contribution in [0.25, 0.3) is 0 Å². The predicted molar refractivity (Wildman–Crippen MR) is 46.8 cm³/mol. The van der Waals surface area contributed by atoms with Gasteiger partial charge in [0.1, 0.15) is 0 Å². The summed E-state index contributed by atoms with van der Waals surface area (Å²) in [6.45, 7) is 0. The zero-order chi connectivity index (χ0) is 8.81. The van der Waals surface area contributed by atoms with Gasteiger partial charge in [-0.15, -0.1) is 0 Å². The van der Waals surface area contributed by atoms with Gasteiger partial charge in [0.2, 0.25) is 0 Å². The monoisotopic (exact) mass is 164 g/mol. The number of hydrogen-bond acceptors (Lipinski definition) is 2. The van der Waals surface area contributed by atoms with Crippen LogP contribution in [0.5, 0.6) is 0 Å². The van der Waals surface area contributed by atoms with Crippen LogP contribution in [0.3, 0.4) is 0 Å². The summed E-state index contributed by atoms with van der Waals surface area (Å²) in [6.07, 6.45) is 1.52. The van der Waals surface area contributed by atoms with Crippen LogP contribution in [-0.4, -0.2) is 12.2 Å². The molecule has 1 rings (SSSR count). The lowest BCUT2D eigenvalue weighted by molar-refractivity contribution is 0.249. The molecule has 0 saturated heterocycles. The molecule has 62 valence electrons. The van der Waals surface area contributed by atoms with Gasteiger partial charge in [-0.05, 0) is 5.56 Å². The van der Waals surface area contributed by atoms with E-state index in [0.29, 0.717) is 0 Å². The topological polar surface area (TPSA) is 67.5 Å². The number of amides is 2. The maximum Gasteiger partial charge on any atom is 0.332 e. The summed E-state index contributed by atoms with van der Waals surface area (Å²) < 4.78 is 0. The van der Waals surface area contributed by atoms with Gasteiger partial charge in [0.15, 0.2) is 0 Å². The van der Waals surface area contributed by atoms with Crippen molar-refractivity contribution in [1.29, 1.82) is 0 Å². The van der Waals surface area contributed by atoms with E-state index in [2.05, 4.69) is 10.5 Å². The van der Waals surface area contributed by atoms with Crippen LogP contribution in [0, 0.1) is 0 Å². The maximum absolute atomic E-state index is 10.2. The van der Waals surface area contributed by atoms with E-state index in [9.17, 15) is 4.79 Å². The highest BCUT2D eigenvalue weighted by atomic mass is 16.2. The van der Waals surface area contributed by atoms with Crippen LogP contribution in [-0.2, 0) is 0 Å². The van der Waals surface area contributed by atoms with Crippen LogP contribution in [0.1, 0.15) is 5.56 Å². The smallest absolute Gasteiger partial charge is 0.332 e. The van der Waals surface area contributed by atoms with E-state index in [-0.39, 0.29) is 0 Å². The Morgan fingerprint density at radius 3 is 2.67 bits per heavy atom. The third-order valence-electron chi connectivity index (χ3n) is 1.19. The molecule has 1 aromatic rings. The molecule has 0 aliphatic rings. The molecule has 0 fully saturated rings. The summed E-state index contributed by atoms with van der Waals surface area (Å²) in [5.41, 5.74) is 7.80. The molecule has 0 saturated carbocycles. The summed E-state index contributed by atoms with van der Waals surface area (Å²) in [6, 6.07) is 8.73. The molecule has 0 bridgehead atoms. The van der Waals surface area contributed by atoms with Crippen molar-refractivity contribution < 1.29 is 4.79 Å². The average molecular weight is 164 g/mol. The number of nitrogens with one attached hydrogen (secondary N) is 1. The largest absolute Gasteiger partial charge is 0.350 e. The fraction of sp³-hybridized carbons (Fsp3) is 0. The second-order valence-electron chi connectivity index (χ2n) is 2.14. The van der Waals surface area contributed by atoms with Crippen molar-refractivity contribution in [3.05, 3.63) is 35.9 Å². The molecule has 4 heteroatoms. The van der Waals surface area contributed by atoms with Gasteiger partial charge in [0, 0.05) is 0 Å². The van der Waals surface area contributed by atoms with E-state index in [1.165, 1.54) is 6.21 Å². The number of nitrogens with two attached hydrogens (primary N) is 1. The molecule has 0 unspecified atom stereocenters. The Kier molecular flexibility index (Phi) is 2.84. The van der Waals surface area contributed by atoms with E-state index in [0.717, 1.165) is 5.56 Å². The minimum atomic E-state index is -0.665. The minimum absolute atomic E-state index is 0.665. The van der Waals surface area contributed by atoms with Crippen LogP contribution in [0.2, 0.25) is 0 Å². The predicted octanol–water partition coefficient (Wildman–Crippen LogP) is 0.689. The second-order valence-corrected chi connectivity index (χ2v) is 2.14. The highest BCUT2D eigenvalue weighted by Crippen LogP contribution is 1.92. The van der Waals surface area contributed by atoms with Gasteiger partial charge in [-0.25, -0.2) is 10.2 Å². The van der Waals surface area contributed by atoms with Gasteiger partial charge < -0.3 is 5.73 Å². The molecule has 12 heavy (non-hydrogen) atoms. The number of rotatable bonds is 2. The second kappa shape index (κ2) is 4.12. The molecule has 3 N–H and O–H groups in total. The summed E-state index contributed by atoms with van der Waals surface area (Å²) in [5, 5.41) is 3.59. The number of carbonyl (C=O) groups excluding carboxylic acids is 1. The normalized spacial score (nSPS) is 10.0. The molecular weight excluding hydrogens is 155 g/mol. The highest BCUT2D eigenvalue weighted by molar-refractivity contribution is 5.81. The summed E-state index contributed by atoms with van der Waals surface area (Å²) >= 11 is 0. The molecule has 0 atom stereocenters. The van der Waals surface area contributed by atoms with Crippen molar-refractivity contribution in [2.24, 2.45) is 10.8 Å². The molecule has 0 aliphatic carbocycles. The standard InChI is InChI=1S/C8H9N3O/c9-8(12)11-10-6-7-4-2-1-3-5-7/h1-6H,(H3,9,11,12)/b10-6+/i8+1. The van der Waals surface area contributed by atoms with Crippen molar-refractivity contribution >= 4 is 12.2 Å². The Bertz CT molecular complexity index is 282. The Labute approximate surface area is 70.1 Å². The van der Waals surface area contributed by atoms with E-state index in [1.807, 2.05) is 30.3 Å². The van der Waals surface area contributed by atoms with E-state index in [4.69, 9.17) is 5.73 Å². The van der Waals surface area contributed by atoms with E-state index in [1.54, 1.807) is 0 Å². The number of carbonyl (C=O) groups is 1. The number of primary amides is 1. The Hall–Kier alpha value is -1.84. The van der Waals surface area contributed by atoms with Crippen molar-refractivity contribution in [1.82, 2.24) is 5.43 Å². The van der Waals surface area contributed by atoms with E-state index >= 15 is 0 Å². The molecule has 0 aliphatic heterocycles. The number of urea groups is 1. The summed E-state index contributed by atoms with van der Waals surface area (Å²) in [4.78, 5) is 10.2. The van der Waals surface area contributed by atoms with Gasteiger partial charge in [0.25, 0.3) is 0 Å². The van der Waals surface area contributed by atoms with Crippen molar-refractivity contribution in [3.63, 3.8) is 0 Å². The molecule has 4 nitrogen and oxygen atoms in total. The van der Waals surface area contributed by atoms with Crippen molar-refractivity contribution in [2.75, 3.05) is 0 Å². The quantitative estimate of drug-likeness (QED) is 0.377. The molecule has 1 aromatic carbocycles. The van der Waals surface area contributed by atoms with Crippen LogP contribution < -0.4 is 11.2 Å². The third kappa shape index (κ3) is 2.83. The van der Waals surface area contributed by atoms with Crippen LogP contribution >= 0.6 is 0 Å². The number of nitrogens with zero attached hydrogens (tertiary/aromatic N) is 1. The first-order valence-electron chi connectivity index (χ1n) is 3.42. The van der Waals surface area contributed by atoms with Gasteiger partial charge in [-0.1, -0.05) is 30.3 Å². The van der Waals surface area contributed by atoms with Gasteiger partial charge in [0.05, 0.1) is 6.21 Å². The SMILES string of the molecule is N[13C](=O)N/N=C/c1ccccc1. The Morgan fingerprint density at radius 1 is 1.42 bits per heavy atom. The highest BCUT2D eigenvalue weighted by Gasteiger charge is 1.85. The maximum atomic E-state index is 10.2. The third-order valence-corrected chi connectivity index (χ3v) is 1.19. The van der Waals surface area contributed by atoms with Crippen LogP contribution in [0.15, 0.2) is 35.4 Å². The van der Waals surface area contributed by atoms with Gasteiger partial charge in [-0.2, -0.15) is 5.10 Å². The van der Waals surface area contributed by atoms with Crippen molar-refractivity contribution in [2.45, 2.75) is 0 Å². The first-order chi connectivity index (χ1) is 5.79. The summed E-state index contributed by atoms with van der Waals surface area (Å²) in [5.74, 6) is 0. The lowest BCUT2D eigenvalue weighted by Crippen LogP contribution is -2.24. The lowest BCUT2D eigenvalue weighted by atomic mass is 10.2. The molecule has 2 amide bonds. The number of hydrazone groups is 1. The number of hydrogen-bond donors (Lipinski definition) is 2. The zero-order valence-corrected chi connectivity index (χ0v) is 6.40. The van der Waals surface area contributed by atoms with Gasteiger partial charge in [-0.3, -0.25) is 0 Å². The fourth-order valence-electron chi connectivity index (χ4n) is 0.710. The molecule has 0 heterocycles. The van der Waals surface area contributed by atoms with Gasteiger partial charge >= 0.3 is 6.03 Å². The van der Waals surface area contributed by atoms with Crippen molar-refractivity contribution in [3.8, 4) is 0 Å². The first kappa shape index (κ1) is 8.26. The lowest BCUT2D eigenvalue weighted by Gasteiger charge is -1.91. The summed E-state index contributed by atoms with van der Waals surface area (Å²) in [7, 11) is 0. The molecule has 0 aromatic heterocycles. The zero-order valence-electron chi connectivity index (χ0n) is 6.40. The Morgan fingerprint density at radius 2 is 2.08 bits per heavy atom. The number of benzene rings is 1. The molecule has 0 radical (unpaired) electrons. The fourth-order valence-corrected chi connectivity index (χ4v) is 0.710. The van der Waals surface area contributed by atoms with Crippen LogP contribution in [0.4, 0.5) is 4.79 Å². The molecular formula is C8H9N3O. The Balaban J connectivity index is 2.52. The average Bonchev–Trinajstić information content (AvgIpc) is 2.05. The van der Waals surface area contributed by atoms with E-state index < -0.39 is 6.03 Å². The molecule has 0 spiro atoms.